The molecule has 0 radical (unpaired) electrons. The number of rotatable bonds is 5. The van der Waals surface area contributed by atoms with Crippen LogP contribution in [0.1, 0.15) is 60.8 Å². The number of aromatic nitrogens is 2. The summed E-state index contributed by atoms with van der Waals surface area (Å²) in [6, 6.07) is 3.98. The highest BCUT2D eigenvalue weighted by molar-refractivity contribution is 7.89. The first kappa shape index (κ1) is 25.4. The Balaban J connectivity index is 1.67. The molecule has 1 aromatic heterocycles. The predicted molar refractivity (Wildman–Crippen MR) is 131 cm³/mol. The van der Waals surface area contributed by atoms with Gasteiger partial charge in [0.25, 0.3) is 0 Å². The van der Waals surface area contributed by atoms with Gasteiger partial charge >= 0.3 is 0 Å². The summed E-state index contributed by atoms with van der Waals surface area (Å²) < 4.78 is 30.3. The third-order valence-electron chi connectivity index (χ3n) is 6.76. The Labute approximate surface area is 198 Å². The summed E-state index contributed by atoms with van der Waals surface area (Å²) in [4.78, 5) is 15.0. The van der Waals surface area contributed by atoms with E-state index in [4.69, 9.17) is 0 Å². The van der Waals surface area contributed by atoms with Crippen LogP contribution in [0.4, 0.5) is 0 Å². The summed E-state index contributed by atoms with van der Waals surface area (Å²) in [5.74, 6) is 0.0663. The molecule has 1 amide bonds. The number of amides is 1. The summed E-state index contributed by atoms with van der Waals surface area (Å²) >= 11 is 0. The molecule has 8 heteroatoms. The molecular formula is C25H38N4O3S. The molecule has 1 aliphatic rings. The fourth-order valence-corrected chi connectivity index (χ4v) is 6.50. The highest BCUT2D eigenvalue weighted by Crippen LogP contribution is 2.31. The fourth-order valence-electron chi connectivity index (χ4n) is 4.67. The Hall–Kier alpha value is -2.19. The molecule has 182 valence electrons. The topological polar surface area (TPSA) is 75.5 Å². The second kappa shape index (κ2) is 9.22. The molecule has 0 aliphatic carbocycles. The fraction of sp³-hybridized carbons (Fsp3) is 0.600. The van der Waals surface area contributed by atoms with Crippen molar-refractivity contribution < 1.29 is 13.2 Å². The summed E-state index contributed by atoms with van der Waals surface area (Å²) in [5.41, 5.74) is 5.81. The second-order valence-corrected chi connectivity index (χ2v) is 12.1. The van der Waals surface area contributed by atoms with Crippen molar-refractivity contribution in [3.63, 3.8) is 0 Å². The Morgan fingerprint density at radius 2 is 1.55 bits per heavy atom. The second-order valence-electron chi connectivity index (χ2n) is 10.2. The molecular weight excluding hydrogens is 436 g/mol. The molecule has 0 spiro atoms. The smallest absolute Gasteiger partial charge is 0.243 e. The molecule has 7 nitrogen and oxygen atoms in total. The van der Waals surface area contributed by atoms with Crippen molar-refractivity contribution in [2.45, 2.75) is 71.6 Å². The lowest BCUT2D eigenvalue weighted by Gasteiger charge is -2.35. The van der Waals surface area contributed by atoms with Gasteiger partial charge in [0.05, 0.1) is 10.6 Å². The minimum absolute atomic E-state index is 0.0449. The summed E-state index contributed by atoms with van der Waals surface area (Å²) in [6.07, 6.45) is 1.06. The van der Waals surface area contributed by atoms with E-state index < -0.39 is 10.0 Å². The van der Waals surface area contributed by atoms with Gasteiger partial charge in [-0.25, -0.2) is 8.42 Å². The van der Waals surface area contributed by atoms with E-state index in [1.54, 1.807) is 4.90 Å². The van der Waals surface area contributed by atoms with Crippen LogP contribution in [0.15, 0.2) is 17.0 Å². The zero-order valence-corrected chi connectivity index (χ0v) is 22.1. The number of piperazine rings is 1. The van der Waals surface area contributed by atoms with Crippen LogP contribution in [-0.4, -0.2) is 59.5 Å². The molecule has 3 rings (SSSR count). The maximum Gasteiger partial charge on any atom is 0.243 e. The van der Waals surface area contributed by atoms with Crippen LogP contribution in [-0.2, 0) is 33.7 Å². The van der Waals surface area contributed by atoms with E-state index in [2.05, 4.69) is 25.9 Å². The van der Waals surface area contributed by atoms with Gasteiger partial charge in [-0.2, -0.15) is 9.40 Å². The van der Waals surface area contributed by atoms with Crippen molar-refractivity contribution in [1.29, 1.82) is 0 Å². The van der Waals surface area contributed by atoms with Gasteiger partial charge in [0.1, 0.15) is 0 Å². The van der Waals surface area contributed by atoms with E-state index in [1.165, 1.54) is 4.31 Å². The SMILES string of the molecule is Cc1cc(C(C)(C)C)cc(C)c1S(=O)(=O)N1CCN(C(=O)CCc2c(C)nn(C)c2C)CC1. The molecule has 1 aliphatic heterocycles. The highest BCUT2D eigenvalue weighted by atomic mass is 32.2. The van der Waals surface area contributed by atoms with Gasteiger partial charge < -0.3 is 4.90 Å². The molecule has 0 N–H and O–H groups in total. The molecule has 1 saturated heterocycles. The first-order valence-corrected chi connectivity index (χ1v) is 13.1. The maximum absolute atomic E-state index is 13.5. The normalized spacial score (nSPS) is 15.8. The lowest BCUT2D eigenvalue weighted by molar-refractivity contribution is -0.132. The van der Waals surface area contributed by atoms with Gasteiger partial charge in [0, 0.05) is 45.3 Å². The van der Waals surface area contributed by atoms with E-state index in [9.17, 15) is 13.2 Å². The quantitative estimate of drug-likeness (QED) is 0.665. The van der Waals surface area contributed by atoms with Gasteiger partial charge in [0.2, 0.25) is 15.9 Å². The molecule has 1 fully saturated rings. The number of sulfonamides is 1. The first-order valence-electron chi connectivity index (χ1n) is 11.6. The number of hydrogen-bond donors (Lipinski definition) is 0. The number of nitrogens with zero attached hydrogens (tertiary/aromatic N) is 4. The Bertz CT molecular complexity index is 1130. The first-order chi connectivity index (χ1) is 15.2. The molecule has 0 bridgehead atoms. The number of carbonyl (C=O) groups excluding carboxylic acids is 1. The van der Waals surface area contributed by atoms with E-state index in [0.717, 1.165) is 33.6 Å². The van der Waals surface area contributed by atoms with E-state index in [0.29, 0.717) is 43.9 Å². The molecule has 2 heterocycles. The van der Waals surface area contributed by atoms with Crippen LogP contribution in [0.5, 0.6) is 0 Å². The van der Waals surface area contributed by atoms with Gasteiger partial charge in [-0.3, -0.25) is 9.48 Å². The standard InChI is InChI=1S/C25H38N4O3S/c1-17-15-21(25(5,6)7)16-18(2)24(17)33(31,32)29-13-11-28(12-14-29)23(30)10-9-22-19(3)26-27(8)20(22)4/h15-16H,9-14H2,1-8H3. The third kappa shape index (κ3) is 5.17. The zero-order valence-electron chi connectivity index (χ0n) is 21.3. The molecule has 0 saturated carbocycles. The highest BCUT2D eigenvalue weighted by Gasteiger charge is 2.32. The molecule has 0 atom stereocenters. The molecule has 0 unspecified atom stereocenters. The summed E-state index contributed by atoms with van der Waals surface area (Å²) in [6.45, 7) is 15.6. The van der Waals surface area contributed by atoms with Crippen LogP contribution < -0.4 is 0 Å². The van der Waals surface area contributed by atoms with Crippen LogP contribution in [0, 0.1) is 27.7 Å². The molecule has 1 aromatic carbocycles. The van der Waals surface area contributed by atoms with Crippen molar-refractivity contribution in [1.82, 2.24) is 19.0 Å². The molecule has 2 aromatic rings. The van der Waals surface area contributed by atoms with E-state index in [1.807, 2.05) is 51.6 Å². The van der Waals surface area contributed by atoms with E-state index in [-0.39, 0.29) is 11.3 Å². The lowest BCUT2D eigenvalue weighted by Crippen LogP contribution is -2.50. The average molecular weight is 475 g/mol. The summed E-state index contributed by atoms with van der Waals surface area (Å²) in [5, 5.41) is 4.42. The monoisotopic (exact) mass is 474 g/mol. The largest absolute Gasteiger partial charge is 0.340 e. The van der Waals surface area contributed by atoms with Crippen LogP contribution in [0.25, 0.3) is 0 Å². The van der Waals surface area contributed by atoms with Crippen molar-refractivity contribution in [2.24, 2.45) is 7.05 Å². The van der Waals surface area contributed by atoms with Crippen molar-refractivity contribution in [2.75, 3.05) is 26.2 Å². The maximum atomic E-state index is 13.5. The minimum atomic E-state index is -3.61. The van der Waals surface area contributed by atoms with Gasteiger partial charge in [-0.1, -0.05) is 32.9 Å². The van der Waals surface area contributed by atoms with Gasteiger partial charge in [-0.05, 0) is 61.8 Å². The number of aryl methyl sites for hydroxylation is 4. The predicted octanol–water partition coefficient (Wildman–Crippen LogP) is 3.42. The van der Waals surface area contributed by atoms with Crippen LogP contribution in [0.2, 0.25) is 0 Å². The Morgan fingerprint density at radius 3 is 2.00 bits per heavy atom. The lowest BCUT2D eigenvalue weighted by atomic mass is 9.85. The van der Waals surface area contributed by atoms with Crippen molar-refractivity contribution >= 4 is 15.9 Å². The van der Waals surface area contributed by atoms with Crippen molar-refractivity contribution in [3.05, 3.63) is 45.8 Å². The van der Waals surface area contributed by atoms with Gasteiger partial charge in [-0.15, -0.1) is 0 Å². The number of hydrogen-bond acceptors (Lipinski definition) is 4. The average Bonchev–Trinajstić information content (AvgIpc) is 2.96. The minimum Gasteiger partial charge on any atom is -0.340 e. The van der Waals surface area contributed by atoms with Crippen molar-refractivity contribution in [3.8, 4) is 0 Å². The Morgan fingerprint density at radius 1 is 1.00 bits per heavy atom. The zero-order chi connectivity index (χ0) is 24.7. The van der Waals surface area contributed by atoms with Crippen LogP contribution >= 0.6 is 0 Å². The summed E-state index contributed by atoms with van der Waals surface area (Å²) in [7, 11) is -1.70. The van der Waals surface area contributed by atoms with Gasteiger partial charge in [0.15, 0.2) is 0 Å². The molecule has 33 heavy (non-hydrogen) atoms. The number of benzene rings is 1. The van der Waals surface area contributed by atoms with E-state index >= 15 is 0 Å². The Kier molecular flexibility index (Phi) is 7.10. The van der Waals surface area contributed by atoms with Crippen LogP contribution in [0.3, 0.4) is 0 Å². The third-order valence-corrected chi connectivity index (χ3v) is 8.97. The number of carbonyl (C=O) groups is 1.